The van der Waals surface area contributed by atoms with Crippen molar-refractivity contribution in [3.63, 3.8) is 0 Å². The van der Waals surface area contributed by atoms with Gasteiger partial charge < -0.3 is 25.2 Å². The van der Waals surface area contributed by atoms with Crippen molar-refractivity contribution in [2.45, 2.75) is 6.92 Å². The number of piperazine rings is 1. The molecular weight excluding hydrogens is 380 g/mol. The van der Waals surface area contributed by atoms with E-state index >= 15 is 0 Å². The first kappa shape index (κ1) is 21.8. The molecule has 2 amide bonds. The third kappa shape index (κ3) is 6.05. The molecule has 0 saturated carbocycles. The second-order valence-corrected chi connectivity index (χ2v) is 7.41. The number of carbonyl (C=O) groups is 2. The van der Waals surface area contributed by atoms with Crippen LogP contribution in [0.15, 0.2) is 48.5 Å². The molecule has 1 aliphatic rings. The van der Waals surface area contributed by atoms with Crippen molar-refractivity contribution in [3.8, 4) is 0 Å². The van der Waals surface area contributed by atoms with E-state index in [0.29, 0.717) is 26.2 Å². The van der Waals surface area contributed by atoms with Gasteiger partial charge in [-0.2, -0.15) is 0 Å². The molecule has 7 heteroatoms. The van der Waals surface area contributed by atoms with Gasteiger partial charge in [0.2, 0.25) is 5.91 Å². The van der Waals surface area contributed by atoms with Gasteiger partial charge >= 0.3 is 0 Å². The molecule has 1 heterocycles. The van der Waals surface area contributed by atoms with Gasteiger partial charge in [0, 0.05) is 56.8 Å². The number of aryl methyl sites for hydroxylation is 1. The van der Waals surface area contributed by atoms with Crippen molar-refractivity contribution < 1.29 is 14.3 Å². The maximum absolute atomic E-state index is 12.7. The van der Waals surface area contributed by atoms with Gasteiger partial charge in [-0.25, -0.2) is 0 Å². The SMILES string of the molecule is COCCNCC(=O)Nc1ccc(N2CCN(C(=O)c3ccc(C)cc3)CC2)cc1. The molecule has 0 aromatic heterocycles. The predicted octanol–water partition coefficient (Wildman–Crippen LogP) is 2.13. The number of nitrogens with zero attached hydrogens (tertiary/aromatic N) is 2. The third-order valence-electron chi connectivity index (χ3n) is 5.15. The van der Waals surface area contributed by atoms with Crippen molar-refractivity contribution in [3.05, 3.63) is 59.7 Å². The van der Waals surface area contributed by atoms with Crippen LogP contribution in [-0.2, 0) is 9.53 Å². The lowest BCUT2D eigenvalue weighted by Crippen LogP contribution is -2.48. The highest BCUT2D eigenvalue weighted by Gasteiger charge is 2.22. The molecule has 160 valence electrons. The van der Waals surface area contributed by atoms with E-state index in [1.807, 2.05) is 60.4 Å². The molecular formula is C23H30N4O3. The molecule has 7 nitrogen and oxygen atoms in total. The Kier molecular flexibility index (Phi) is 7.82. The highest BCUT2D eigenvalue weighted by atomic mass is 16.5. The van der Waals surface area contributed by atoms with Gasteiger partial charge in [0.05, 0.1) is 13.2 Å². The van der Waals surface area contributed by atoms with Gasteiger partial charge in [-0.15, -0.1) is 0 Å². The number of nitrogens with one attached hydrogen (secondary N) is 2. The van der Waals surface area contributed by atoms with Crippen molar-refractivity contribution in [2.24, 2.45) is 0 Å². The van der Waals surface area contributed by atoms with Gasteiger partial charge in [-0.3, -0.25) is 9.59 Å². The Morgan fingerprint density at radius 1 is 0.967 bits per heavy atom. The zero-order valence-corrected chi connectivity index (χ0v) is 17.7. The lowest BCUT2D eigenvalue weighted by molar-refractivity contribution is -0.115. The summed E-state index contributed by atoms with van der Waals surface area (Å²) in [6.07, 6.45) is 0. The molecule has 2 aromatic carbocycles. The van der Waals surface area contributed by atoms with E-state index in [4.69, 9.17) is 4.74 Å². The summed E-state index contributed by atoms with van der Waals surface area (Å²) < 4.78 is 4.94. The van der Waals surface area contributed by atoms with Crippen LogP contribution in [0.3, 0.4) is 0 Å². The van der Waals surface area contributed by atoms with Gasteiger partial charge in [-0.1, -0.05) is 17.7 Å². The van der Waals surface area contributed by atoms with Crippen LogP contribution in [-0.4, -0.2) is 69.7 Å². The lowest BCUT2D eigenvalue weighted by atomic mass is 10.1. The minimum Gasteiger partial charge on any atom is -0.383 e. The van der Waals surface area contributed by atoms with Crippen LogP contribution in [0.2, 0.25) is 0 Å². The number of anilines is 2. The monoisotopic (exact) mass is 410 g/mol. The van der Waals surface area contributed by atoms with E-state index in [9.17, 15) is 9.59 Å². The fourth-order valence-electron chi connectivity index (χ4n) is 3.38. The van der Waals surface area contributed by atoms with E-state index in [2.05, 4.69) is 15.5 Å². The van der Waals surface area contributed by atoms with Crippen LogP contribution >= 0.6 is 0 Å². The van der Waals surface area contributed by atoms with E-state index in [-0.39, 0.29) is 18.4 Å². The predicted molar refractivity (Wildman–Crippen MR) is 119 cm³/mol. The van der Waals surface area contributed by atoms with Crippen LogP contribution in [0.5, 0.6) is 0 Å². The first-order valence-electron chi connectivity index (χ1n) is 10.3. The summed E-state index contributed by atoms with van der Waals surface area (Å²) in [6.45, 7) is 6.44. The van der Waals surface area contributed by atoms with Crippen LogP contribution in [0.1, 0.15) is 15.9 Å². The highest BCUT2D eigenvalue weighted by molar-refractivity contribution is 5.94. The Morgan fingerprint density at radius 3 is 2.27 bits per heavy atom. The molecule has 0 atom stereocenters. The largest absolute Gasteiger partial charge is 0.383 e. The molecule has 30 heavy (non-hydrogen) atoms. The van der Waals surface area contributed by atoms with Crippen molar-refractivity contribution in [2.75, 3.05) is 63.2 Å². The third-order valence-corrected chi connectivity index (χ3v) is 5.15. The zero-order valence-electron chi connectivity index (χ0n) is 17.7. The summed E-state index contributed by atoms with van der Waals surface area (Å²) in [7, 11) is 1.63. The first-order valence-corrected chi connectivity index (χ1v) is 10.3. The van der Waals surface area contributed by atoms with Crippen LogP contribution < -0.4 is 15.5 Å². The molecule has 1 fully saturated rings. The number of hydrogen-bond donors (Lipinski definition) is 2. The van der Waals surface area contributed by atoms with E-state index in [1.54, 1.807) is 7.11 Å². The zero-order chi connectivity index (χ0) is 21.3. The molecule has 3 rings (SSSR count). The quantitative estimate of drug-likeness (QED) is 0.653. The van der Waals surface area contributed by atoms with Gasteiger partial charge in [-0.05, 0) is 43.3 Å². The fraction of sp³-hybridized carbons (Fsp3) is 0.391. The average molecular weight is 411 g/mol. The number of carbonyl (C=O) groups excluding carboxylic acids is 2. The lowest BCUT2D eigenvalue weighted by Gasteiger charge is -2.36. The maximum Gasteiger partial charge on any atom is 0.253 e. The average Bonchev–Trinajstić information content (AvgIpc) is 2.77. The first-order chi connectivity index (χ1) is 14.6. The molecule has 2 N–H and O–H groups in total. The Labute approximate surface area is 178 Å². The summed E-state index contributed by atoms with van der Waals surface area (Å²) in [6, 6.07) is 15.6. The summed E-state index contributed by atoms with van der Waals surface area (Å²) in [5.41, 5.74) is 3.75. The van der Waals surface area contributed by atoms with E-state index in [0.717, 1.165) is 35.6 Å². The van der Waals surface area contributed by atoms with Gasteiger partial charge in [0.1, 0.15) is 0 Å². The number of benzene rings is 2. The Morgan fingerprint density at radius 2 is 1.63 bits per heavy atom. The van der Waals surface area contributed by atoms with Crippen molar-refractivity contribution in [1.29, 1.82) is 0 Å². The van der Waals surface area contributed by atoms with Crippen molar-refractivity contribution in [1.82, 2.24) is 10.2 Å². The number of ether oxygens (including phenoxy) is 1. The standard InChI is InChI=1S/C23H30N4O3/c1-18-3-5-19(6-4-18)23(29)27-14-12-26(13-15-27)21-9-7-20(8-10-21)25-22(28)17-24-11-16-30-2/h3-10,24H,11-17H2,1-2H3,(H,25,28). The number of hydrogen-bond acceptors (Lipinski definition) is 5. The number of amides is 2. The summed E-state index contributed by atoms with van der Waals surface area (Å²) in [5, 5.41) is 5.90. The van der Waals surface area contributed by atoms with Crippen molar-refractivity contribution >= 4 is 23.2 Å². The van der Waals surface area contributed by atoms with E-state index < -0.39 is 0 Å². The van der Waals surface area contributed by atoms with Crippen LogP contribution in [0.4, 0.5) is 11.4 Å². The molecule has 2 aromatic rings. The minimum absolute atomic E-state index is 0.0814. The topological polar surface area (TPSA) is 73.9 Å². The van der Waals surface area contributed by atoms with Gasteiger partial charge in [0.25, 0.3) is 5.91 Å². The number of rotatable bonds is 8. The van der Waals surface area contributed by atoms with Crippen LogP contribution in [0, 0.1) is 6.92 Å². The maximum atomic E-state index is 12.7. The van der Waals surface area contributed by atoms with E-state index in [1.165, 1.54) is 0 Å². The molecule has 0 bridgehead atoms. The fourth-order valence-corrected chi connectivity index (χ4v) is 3.38. The Balaban J connectivity index is 1.47. The highest BCUT2D eigenvalue weighted by Crippen LogP contribution is 2.20. The Hall–Kier alpha value is -2.90. The molecule has 0 aliphatic carbocycles. The molecule has 1 saturated heterocycles. The smallest absolute Gasteiger partial charge is 0.253 e. The number of methoxy groups -OCH3 is 1. The second-order valence-electron chi connectivity index (χ2n) is 7.41. The van der Waals surface area contributed by atoms with Crippen LogP contribution in [0.25, 0.3) is 0 Å². The second kappa shape index (κ2) is 10.8. The normalized spacial score (nSPS) is 13.9. The van der Waals surface area contributed by atoms with Gasteiger partial charge in [0.15, 0.2) is 0 Å². The molecule has 1 aliphatic heterocycles. The molecule has 0 radical (unpaired) electrons. The minimum atomic E-state index is -0.0814. The summed E-state index contributed by atoms with van der Waals surface area (Å²) >= 11 is 0. The summed E-state index contributed by atoms with van der Waals surface area (Å²) in [5.74, 6) is 0.00824. The molecule has 0 spiro atoms. The summed E-state index contributed by atoms with van der Waals surface area (Å²) in [4.78, 5) is 28.8. The molecule has 0 unspecified atom stereocenters. The Bertz CT molecular complexity index is 829.